The molecule has 1 aliphatic carbocycles. The summed E-state index contributed by atoms with van der Waals surface area (Å²) in [5.41, 5.74) is 0.491. The molecule has 1 aromatic rings. The molecule has 0 bridgehead atoms. The number of hydrogen-bond donors (Lipinski definition) is 0. The Hall–Kier alpha value is -1.84. The second kappa shape index (κ2) is 4.80. The van der Waals surface area contributed by atoms with E-state index in [-0.39, 0.29) is 17.0 Å². The van der Waals surface area contributed by atoms with E-state index in [9.17, 15) is 9.59 Å². The third-order valence-corrected chi connectivity index (χ3v) is 3.03. The van der Waals surface area contributed by atoms with Crippen LogP contribution in [0.1, 0.15) is 26.7 Å². The average Bonchev–Trinajstić information content (AvgIpc) is 2.27. The number of rotatable bonds is 2. The van der Waals surface area contributed by atoms with Crippen molar-refractivity contribution < 1.29 is 9.59 Å². The fourth-order valence-electron chi connectivity index (χ4n) is 2.16. The van der Waals surface area contributed by atoms with E-state index in [0.717, 1.165) is 0 Å². The maximum absolute atomic E-state index is 11.9. The molecule has 0 saturated heterocycles. The van der Waals surface area contributed by atoms with Gasteiger partial charge in [-0.1, -0.05) is 13.8 Å². The number of carbonyl (C=O) groups excluding carboxylic acids is 2. The van der Waals surface area contributed by atoms with Crippen LogP contribution in [-0.4, -0.2) is 22.8 Å². The Kier molecular flexibility index (Phi) is 3.36. The molecule has 1 saturated carbocycles. The van der Waals surface area contributed by atoms with Gasteiger partial charge in [-0.15, -0.1) is 0 Å². The largest absolute Gasteiger partial charge is 0.298 e. The van der Waals surface area contributed by atoms with Crippen molar-refractivity contribution in [1.82, 2.24) is 4.98 Å². The lowest BCUT2D eigenvalue weighted by atomic mass is 9.72. The first-order valence-corrected chi connectivity index (χ1v) is 5.98. The van der Waals surface area contributed by atoms with Gasteiger partial charge in [-0.25, -0.2) is 0 Å². The molecule has 94 valence electrons. The highest BCUT2D eigenvalue weighted by Gasteiger charge is 2.38. The number of ketones is 2. The van der Waals surface area contributed by atoms with E-state index in [0.29, 0.717) is 18.5 Å². The van der Waals surface area contributed by atoms with Crippen LogP contribution in [0.25, 0.3) is 0 Å². The van der Waals surface area contributed by atoms with Crippen LogP contribution in [0.15, 0.2) is 29.5 Å². The van der Waals surface area contributed by atoms with Crippen LogP contribution in [0.5, 0.6) is 0 Å². The van der Waals surface area contributed by atoms with E-state index in [4.69, 9.17) is 0 Å². The monoisotopic (exact) mass is 244 g/mol. The number of Topliss-reactive ketones (excluding diaryl/α,β-unsaturated/α-hetero) is 2. The first-order chi connectivity index (χ1) is 8.48. The molecular formula is C14H16N2O2. The highest BCUT2D eigenvalue weighted by Crippen LogP contribution is 2.33. The van der Waals surface area contributed by atoms with Crippen molar-refractivity contribution in [1.29, 1.82) is 0 Å². The van der Waals surface area contributed by atoms with E-state index in [1.807, 2.05) is 13.8 Å². The fourth-order valence-corrected chi connectivity index (χ4v) is 2.16. The van der Waals surface area contributed by atoms with Gasteiger partial charge in [-0.2, -0.15) is 0 Å². The summed E-state index contributed by atoms with van der Waals surface area (Å²) in [6.45, 7) is 3.89. The molecule has 0 amide bonds. The molecule has 18 heavy (non-hydrogen) atoms. The number of aromatic nitrogens is 1. The van der Waals surface area contributed by atoms with Crippen molar-refractivity contribution >= 4 is 23.5 Å². The van der Waals surface area contributed by atoms with Gasteiger partial charge in [0.1, 0.15) is 17.5 Å². The Labute approximate surface area is 106 Å². The lowest BCUT2D eigenvalue weighted by molar-refractivity contribution is -0.136. The van der Waals surface area contributed by atoms with Crippen LogP contribution in [0.4, 0.5) is 5.69 Å². The third kappa shape index (κ3) is 2.88. The Morgan fingerprint density at radius 1 is 1.22 bits per heavy atom. The Bertz CT molecular complexity index is 472. The minimum atomic E-state index is -0.675. The number of nitrogens with zero attached hydrogens (tertiary/aromatic N) is 2. The molecule has 1 aromatic heterocycles. The van der Waals surface area contributed by atoms with Gasteiger partial charge in [-0.3, -0.25) is 19.6 Å². The second-order valence-electron chi connectivity index (χ2n) is 5.41. The van der Waals surface area contributed by atoms with Gasteiger partial charge in [0.15, 0.2) is 0 Å². The molecular weight excluding hydrogens is 228 g/mol. The summed E-state index contributed by atoms with van der Waals surface area (Å²) in [6.07, 6.45) is 5.59. The highest BCUT2D eigenvalue weighted by molar-refractivity contribution is 6.16. The van der Waals surface area contributed by atoms with Gasteiger partial charge in [0, 0.05) is 31.4 Å². The Balaban J connectivity index is 2.13. The maximum atomic E-state index is 11.9. The average molecular weight is 244 g/mol. The Morgan fingerprint density at radius 3 is 2.33 bits per heavy atom. The molecule has 0 aromatic carbocycles. The van der Waals surface area contributed by atoms with E-state index in [1.165, 1.54) is 6.21 Å². The van der Waals surface area contributed by atoms with Crippen LogP contribution in [-0.2, 0) is 9.59 Å². The van der Waals surface area contributed by atoms with Crippen LogP contribution < -0.4 is 0 Å². The highest BCUT2D eigenvalue weighted by atomic mass is 16.2. The third-order valence-electron chi connectivity index (χ3n) is 3.03. The SMILES string of the molecule is CC1(C)CC(=O)C(C=Nc2ccncc2)C(=O)C1. The van der Waals surface area contributed by atoms with E-state index in [2.05, 4.69) is 9.98 Å². The molecule has 2 rings (SSSR count). The smallest absolute Gasteiger partial charge is 0.149 e. The van der Waals surface area contributed by atoms with Gasteiger partial charge in [0.25, 0.3) is 0 Å². The van der Waals surface area contributed by atoms with Gasteiger partial charge in [0.05, 0.1) is 5.69 Å². The standard InChI is InChI=1S/C14H16N2O2/c1-14(2)7-12(17)11(13(18)8-14)9-16-10-3-5-15-6-4-10/h3-6,9,11H,7-8H2,1-2H3. The molecule has 4 nitrogen and oxygen atoms in total. The van der Waals surface area contributed by atoms with E-state index < -0.39 is 5.92 Å². The molecule has 0 atom stereocenters. The van der Waals surface area contributed by atoms with Crippen molar-refractivity contribution in [3.63, 3.8) is 0 Å². The first-order valence-electron chi connectivity index (χ1n) is 5.98. The molecule has 1 fully saturated rings. The number of aliphatic imine (C=N–C) groups is 1. The minimum Gasteiger partial charge on any atom is -0.298 e. The van der Waals surface area contributed by atoms with Crippen molar-refractivity contribution in [3.05, 3.63) is 24.5 Å². The molecule has 0 unspecified atom stereocenters. The zero-order chi connectivity index (χ0) is 13.2. The predicted octanol–water partition coefficient (Wildman–Crippen LogP) is 2.36. The first kappa shape index (κ1) is 12.6. The molecule has 0 spiro atoms. The zero-order valence-electron chi connectivity index (χ0n) is 10.6. The van der Waals surface area contributed by atoms with Crippen LogP contribution in [0.3, 0.4) is 0 Å². The normalized spacial score (nSPS) is 20.6. The summed E-state index contributed by atoms with van der Waals surface area (Å²) >= 11 is 0. The molecule has 1 aliphatic rings. The fraction of sp³-hybridized carbons (Fsp3) is 0.429. The lowest BCUT2D eigenvalue weighted by Gasteiger charge is -2.30. The predicted molar refractivity (Wildman–Crippen MR) is 68.9 cm³/mol. The second-order valence-corrected chi connectivity index (χ2v) is 5.41. The van der Waals surface area contributed by atoms with E-state index in [1.54, 1.807) is 24.5 Å². The van der Waals surface area contributed by atoms with E-state index >= 15 is 0 Å². The van der Waals surface area contributed by atoms with Crippen LogP contribution in [0.2, 0.25) is 0 Å². The number of carbonyl (C=O) groups is 2. The van der Waals surface area contributed by atoms with Crippen molar-refractivity contribution in [2.75, 3.05) is 0 Å². The summed E-state index contributed by atoms with van der Waals surface area (Å²) in [5.74, 6) is -0.741. The maximum Gasteiger partial charge on any atom is 0.149 e. The summed E-state index contributed by atoms with van der Waals surface area (Å²) in [5, 5.41) is 0. The van der Waals surface area contributed by atoms with Gasteiger partial charge < -0.3 is 0 Å². The van der Waals surface area contributed by atoms with Crippen molar-refractivity contribution in [2.45, 2.75) is 26.7 Å². The zero-order valence-corrected chi connectivity index (χ0v) is 10.6. The Morgan fingerprint density at radius 2 is 1.78 bits per heavy atom. The van der Waals surface area contributed by atoms with Crippen molar-refractivity contribution in [3.8, 4) is 0 Å². The number of pyridine rings is 1. The van der Waals surface area contributed by atoms with Gasteiger partial charge in [-0.05, 0) is 17.5 Å². The van der Waals surface area contributed by atoms with Crippen LogP contribution >= 0.6 is 0 Å². The summed E-state index contributed by atoms with van der Waals surface area (Å²) in [7, 11) is 0. The number of hydrogen-bond acceptors (Lipinski definition) is 4. The summed E-state index contributed by atoms with van der Waals surface area (Å²) < 4.78 is 0. The summed E-state index contributed by atoms with van der Waals surface area (Å²) in [4.78, 5) is 31.9. The molecule has 0 radical (unpaired) electrons. The lowest BCUT2D eigenvalue weighted by Crippen LogP contribution is -2.38. The van der Waals surface area contributed by atoms with Gasteiger partial charge >= 0.3 is 0 Å². The molecule has 0 aliphatic heterocycles. The molecule has 4 heteroatoms. The topological polar surface area (TPSA) is 59.4 Å². The molecule has 0 N–H and O–H groups in total. The molecule has 1 heterocycles. The minimum absolute atomic E-state index is 0.0333. The van der Waals surface area contributed by atoms with Crippen molar-refractivity contribution in [2.24, 2.45) is 16.3 Å². The van der Waals surface area contributed by atoms with Crippen LogP contribution in [0, 0.1) is 11.3 Å². The summed E-state index contributed by atoms with van der Waals surface area (Å²) in [6, 6.07) is 3.47. The quantitative estimate of drug-likeness (QED) is 0.592. The van der Waals surface area contributed by atoms with Gasteiger partial charge in [0.2, 0.25) is 0 Å².